The van der Waals surface area contributed by atoms with E-state index in [0.717, 1.165) is 5.92 Å². The summed E-state index contributed by atoms with van der Waals surface area (Å²) in [5, 5.41) is 0. The van der Waals surface area contributed by atoms with Crippen LogP contribution in [0.4, 0.5) is 0 Å². The first-order chi connectivity index (χ1) is 10.9. The molecule has 0 aromatic carbocycles. The van der Waals surface area contributed by atoms with Gasteiger partial charge in [0.15, 0.2) is 0 Å². The highest BCUT2D eigenvalue weighted by molar-refractivity contribution is 4.66. The van der Waals surface area contributed by atoms with E-state index in [-0.39, 0.29) is 0 Å². The van der Waals surface area contributed by atoms with E-state index in [1.54, 1.807) is 0 Å². The zero-order chi connectivity index (χ0) is 15.7. The quantitative estimate of drug-likeness (QED) is 0.211. The van der Waals surface area contributed by atoms with Crippen molar-refractivity contribution < 1.29 is 0 Å². The predicted molar refractivity (Wildman–Crippen MR) is 101 cm³/mol. The van der Waals surface area contributed by atoms with Gasteiger partial charge in [0.1, 0.15) is 0 Å². The van der Waals surface area contributed by atoms with E-state index >= 15 is 0 Å². The minimum atomic E-state index is 1.10. The van der Waals surface area contributed by atoms with Crippen molar-refractivity contribution in [3.63, 3.8) is 0 Å². The molecule has 0 aromatic rings. The van der Waals surface area contributed by atoms with Gasteiger partial charge >= 0.3 is 0 Å². The fourth-order valence-corrected chi connectivity index (χ4v) is 3.97. The SMILES string of the molecule is C=CCCCCCCCCCCCCCCC1CCCCC1. The zero-order valence-electron chi connectivity index (χ0n) is 15.3. The number of hydrogen-bond donors (Lipinski definition) is 0. The van der Waals surface area contributed by atoms with Gasteiger partial charge in [-0.1, -0.05) is 115 Å². The van der Waals surface area contributed by atoms with Crippen LogP contribution < -0.4 is 0 Å². The summed E-state index contributed by atoms with van der Waals surface area (Å²) in [5.41, 5.74) is 0. The Kier molecular flexibility index (Phi) is 14.1. The third-order valence-electron chi connectivity index (χ3n) is 5.50. The van der Waals surface area contributed by atoms with Crippen LogP contribution >= 0.6 is 0 Å². The maximum absolute atomic E-state index is 3.78. The molecule has 0 unspecified atom stereocenters. The van der Waals surface area contributed by atoms with E-state index < -0.39 is 0 Å². The first-order valence-corrected chi connectivity index (χ1v) is 10.5. The second kappa shape index (κ2) is 15.6. The van der Waals surface area contributed by atoms with Gasteiger partial charge in [-0.2, -0.15) is 0 Å². The molecule has 0 aromatic heterocycles. The summed E-state index contributed by atoms with van der Waals surface area (Å²) in [5.74, 6) is 1.10. The minimum Gasteiger partial charge on any atom is -0.103 e. The summed E-state index contributed by atoms with van der Waals surface area (Å²) in [6.45, 7) is 3.78. The summed E-state index contributed by atoms with van der Waals surface area (Å²) >= 11 is 0. The Morgan fingerprint density at radius 1 is 0.591 bits per heavy atom. The summed E-state index contributed by atoms with van der Waals surface area (Å²) < 4.78 is 0. The molecule has 1 aliphatic carbocycles. The van der Waals surface area contributed by atoms with E-state index in [2.05, 4.69) is 12.7 Å². The van der Waals surface area contributed by atoms with Gasteiger partial charge in [0.05, 0.1) is 0 Å². The van der Waals surface area contributed by atoms with Gasteiger partial charge in [0, 0.05) is 0 Å². The first kappa shape index (κ1) is 19.8. The van der Waals surface area contributed by atoms with Crippen LogP contribution in [0.5, 0.6) is 0 Å². The molecule has 130 valence electrons. The monoisotopic (exact) mass is 306 g/mol. The fraction of sp³-hybridized carbons (Fsp3) is 0.909. The molecule has 0 amide bonds. The topological polar surface area (TPSA) is 0 Å². The Balaban J connectivity index is 1.68. The Morgan fingerprint density at radius 3 is 1.55 bits per heavy atom. The fourth-order valence-electron chi connectivity index (χ4n) is 3.97. The largest absolute Gasteiger partial charge is 0.103 e. The molecule has 0 bridgehead atoms. The normalized spacial score (nSPS) is 16.0. The van der Waals surface area contributed by atoms with Crippen LogP contribution in [0.2, 0.25) is 0 Å². The van der Waals surface area contributed by atoms with Crippen molar-refractivity contribution >= 4 is 0 Å². The molecule has 0 heteroatoms. The molecule has 22 heavy (non-hydrogen) atoms. The van der Waals surface area contributed by atoms with Gasteiger partial charge in [-0.25, -0.2) is 0 Å². The number of hydrogen-bond acceptors (Lipinski definition) is 0. The Morgan fingerprint density at radius 2 is 1.05 bits per heavy atom. The van der Waals surface area contributed by atoms with E-state index in [9.17, 15) is 0 Å². The number of allylic oxidation sites excluding steroid dienone is 1. The van der Waals surface area contributed by atoms with E-state index in [4.69, 9.17) is 0 Å². The molecular formula is C22H42. The molecule has 0 heterocycles. The van der Waals surface area contributed by atoms with Crippen molar-refractivity contribution in [3.05, 3.63) is 12.7 Å². The third-order valence-corrected chi connectivity index (χ3v) is 5.50. The van der Waals surface area contributed by atoms with Crippen LogP contribution in [0.25, 0.3) is 0 Å². The smallest absolute Gasteiger partial charge is 0.0353 e. The molecule has 0 nitrogen and oxygen atoms in total. The second-order valence-electron chi connectivity index (χ2n) is 7.61. The van der Waals surface area contributed by atoms with Crippen LogP contribution in [-0.4, -0.2) is 0 Å². The molecule has 1 aliphatic rings. The van der Waals surface area contributed by atoms with Crippen molar-refractivity contribution in [3.8, 4) is 0 Å². The van der Waals surface area contributed by atoms with E-state index in [1.807, 2.05) is 0 Å². The van der Waals surface area contributed by atoms with Crippen molar-refractivity contribution in [2.45, 2.75) is 122 Å². The van der Waals surface area contributed by atoms with Crippen LogP contribution in [0.1, 0.15) is 122 Å². The number of rotatable bonds is 15. The molecule has 1 fully saturated rings. The van der Waals surface area contributed by atoms with Gasteiger partial charge in [0.25, 0.3) is 0 Å². The Labute approximate surface area is 141 Å². The standard InChI is InChI=1S/C22H42/c1-2-3-4-5-6-7-8-9-10-11-12-13-14-16-19-22-20-17-15-18-21-22/h2,22H,1,3-21H2. The maximum Gasteiger partial charge on any atom is -0.0353 e. The molecule has 0 spiro atoms. The molecule has 0 saturated heterocycles. The van der Waals surface area contributed by atoms with Crippen LogP contribution in [0.15, 0.2) is 12.7 Å². The van der Waals surface area contributed by atoms with Crippen LogP contribution in [-0.2, 0) is 0 Å². The highest BCUT2D eigenvalue weighted by Gasteiger charge is 2.12. The van der Waals surface area contributed by atoms with Gasteiger partial charge in [-0.05, 0) is 18.8 Å². The summed E-state index contributed by atoms with van der Waals surface area (Å²) in [6.07, 6.45) is 30.0. The maximum atomic E-state index is 3.78. The average molecular weight is 307 g/mol. The Bertz CT molecular complexity index is 224. The van der Waals surface area contributed by atoms with Crippen LogP contribution in [0, 0.1) is 5.92 Å². The van der Waals surface area contributed by atoms with Crippen molar-refractivity contribution in [1.82, 2.24) is 0 Å². The summed E-state index contributed by atoms with van der Waals surface area (Å²) in [4.78, 5) is 0. The molecule has 0 N–H and O–H groups in total. The van der Waals surface area contributed by atoms with Crippen molar-refractivity contribution in [2.75, 3.05) is 0 Å². The first-order valence-electron chi connectivity index (χ1n) is 10.5. The highest BCUT2D eigenvalue weighted by Crippen LogP contribution is 2.28. The predicted octanol–water partition coefficient (Wildman–Crippen LogP) is 8.21. The highest BCUT2D eigenvalue weighted by atomic mass is 14.2. The summed E-state index contributed by atoms with van der Waals surface area (Å²) in [6, 6.07) is 0. The van der Waals surface area contributed by atoms with Gasteiger partial charge < -0.3 is 0 Å². The zero-order valence-corrected chi connectivity index (χ0v) is 15.3. The van der Waals surface area contributed by atoms with Crippen LogP contribution in [0.3, 0.4) is 0 Å². The lowest BCUT2D eigenvalue weighted by molar-refractivity contribution is 0.328. The van der Waals surface area contributed by atoms with Gasteiger partial charge in [-0.3, -0.25) is 0 Å². The lowest BCUT2D eigenvalue weighted by Gasteiger charge is -2.21. The van der Waals surface area contributed by atoms with Gasteiger partial charge in [-0.15, -0.1) is 6.58 Å². The summed E-state index contributed by atoms with van der Waals surface area (Å²) in [7, 11) is 0. The average Bonchev–Trinajstić information content (AvgIpc) is 2.56. The number of unbranched alkanes of at least 4 members (excludes halogenated alkanes) is 12. The van der Waals surface area contributed by atoms with E-state index in [1.165, 1.54) is 122 Å². The van der Waals surface area contributed by atoms with E-state index in [0.29, 0.717) is 0 Å². The second-order valence-corrected chi connectivity index (χ2v) is 7.61. The molecule has 1 rings (SSSR count). The molecule has 0 aliphatic heterocycles. The third kappa shape index (κ3) is 12.3. The van der Waals surface area contributed by atoms with Gasteiger partial charge in [0.2, 0.25) is 0 Å². The Hall–Kier alpha value is -0.260. The lowest BCUT2D eigenvalue weighted by atomic mass is 9.85. The lowest BCUT2D eigenvalue weighted by Crippen LogP contribution is -2.05. The molecule has 0 atom stereocenters. The molecule has 1 saturated carbocycles. The molecule has 0 radical (unpaired) electrons. The van der Waals surface area contributed by atoms with Crippen molar-refractivity contribution in [2.24, 2.45) is 5.92 Å². The van der Waals surface area contributed by atoms with Crippen molar-refractivity contribution in [1.29, 1.82) is 0 Å². The minimum absolute atomic E-state index is 1.10. The molecular weight excluding hydrogens is 264 g/mol.